The normalized spacial score (nSPS) is 44.0. The van der Waals surface area contributed by atoms with Crippen LogP contribution >= 0.6 is 0 Å². The lowest BCUT2D eigenvalue weighted by atomic mass is 9.78. The molecule has 5 bridgehead atoms. The maximum atomic E-state index is 13.5. The standard InChI is InChI=1S/C38H55NO11/c1-7-11-31(42)39-17-10-8-9-12-28-27(41)18-22(2)26(40)21-25-19-24(4)38(48-25)16-15-36(5)30(50-38)14-13-29(49-36)33-34(47-33)35(44)37(6,45)23(3)20-32(43)46-28/h8-10,17,20,22,24-25,28-30,33-35,44-45H,7,11-16,18-19,21H2,1-6H3,(H,39,42)/b9-8+,17-10-,23-20+/t22-,24-,25+,28+,29-,30+,33+,34+,35-,36-,37+,38+/m0/s1. The van der Waals surface area contributed by atoms with E-state index in [-0.39, 0.29) is 60.8 Å². The van der Waals surface area contributed by atoms with E-state index in [2.05, 4.69) is 12.2 Å². The molecule has 3 N–H and O–H groups in total. The zero-order valence-corrected chi connectivity index (χ0v) is 30.2. The first-order valence-electron chi connectivity index (χ1n) is 18.2. The zero-order chi connectivity index (χ0) is 36.4. The van der Waals surface area contributed by atoms with E-state index in [1.54, 1.807) is 25.2 Å². The summed E-state index contributed by atoms with van der Waals surface area (Å²) in [6.07, 6.45) is 7.22. The van der Waals surface area contributed by atoms with Crippen molar-refractivity contribution in [2.24, 2.45) is 11.8 Å². The van der Waals surface area contributed by atoms with Gasteiger partial charge in [0.05, 0.1) is 23.9 Å². The fraction of sp³-hybridized carbons (Fsp3) is 0.737. The smallest absolute Gasteiger partial charge is 0.331 e. The highest BCUT2D eigenvalue weighted by Gasteiger charge is 2.61. The number of aliphatic hydroxyl groups is 2. The van der Waals surface area contributed by atoms with Crippen molar-refractivity contribution in [1.29, 1.82) is 0 Å². The van der Waals surface area contributed by atoms with Gasteiger partial charge in [-0.3, -0.25) is 14.4 Å². The van der Waals surface area contributed by atoms with Crippen LogP contribution in [0.1, 0.15) is 106 Å². The topological polar surface area (TPSA) is 170 Å². The lowest BCUT2D eigenvalue weighted by molar-refractivity contribution is -0.344. The minimum atomic E-state index is -1.85. The lowest BCUT2D eigenvalue weighted by Crippen LogP contribution is -2.60. The second-order valence-electron chi connectivity index (χ2n) is 15.3. The zero-order valence-electron chi connectivity index (χ0n) is 30.2. The molecule has 1 spiro atoms. The Bertz CT molecular complexity index is 1390. The van der Waals surface area contributed by atoms with E-state index in [1.807, 2.05) is 13.8 Å². The first kappa shape index (κ1) is 38.5. The van der Waals surface area contributed by atoms with Crippen molar-refractivity contribution in [2.45, 2.75) is 165 Å². The third-order valence-corrected chi connectivity index (χ3v) is 11.3. The number of hydrogen-bond donors (Lipinski definition) is 3. The Labute approximate surface area is 294 Å². The van der Waals surface area contributed by atoms with Gasteiger partial charge in [0, 0.05) is 56.2 Å². The SMILES string of the molecule is CCCC(=O)N/C=C\C=C\C[C@H]1OC(=O)/C=C(\C)[C@@](C)(O)[C@@H](O)[C@@H]2O[C@@H]2[C@@H]2CC[C@H]3O[C@@]4(CC[C@]3(C)O2)O[C@@H](CC(=O)[C@@H](C)CC1=O)C[C@@H]4C. The molecule has 12 atom stereocenters. The second-order valence-corrected chi connectivity index (χ2v) is 15.3. The highest BCUT2D eigenvalue weighted by atomic mass is 16.7. The lowest BCUT2D eigenvalue weighted by Gasteiger charge is -2.53. The first-order valence-corrected chi connectivity index (χ1v) is 18.2. The number of aliphatic hydroxyl groups excluding tert-OH is 1. The molecule has 7 aliphatic heterocycles. The molecule has 0 aromatic rings. The molecule has 4 fully saturated rings. The van der Waals surface area contributed by atoms with Gasteiger partial charge in [-0.25, -0.2) is 4.79 Å². The van der Waals surface area contributed by atoms with Gasteiger partial charge in [-0.2, -0.15) is 0 Å². The third kappa shape index (κ3) is 8.48. The van der Waals surface area contributed by atoms with E-state index < -0.39 is 59.1 Å². The summed E-state index contributed by atoms with van der Waals surface area (Å²) in [5.41, 5.74) is -2.31. The van der Waals surface area contributed by atoms with Crippen LogP contribution in [0, 0.1) is 11.8 Å². The van der Waals surface area contributed by atoms with Crippen molar-refractivity contribution in [3.8, 4) is 0 Å². The molecule has 278 valence electrons. The van der Waals surface area contributed by atoms with Crippen LogP contribution in [-0.4, -0.2) is 93.4 Å². The number of ether oxygens (including phenoxy) is 5. The number of allylic oxidation sites excluding steroid dienone is 2. The number of epoxide rings is 1. The molecule has 0 saturated carbocycles. The maximum Gasteiger partial charge on any atom is 0.331 e. The van der Waals surface area contributed by atoms with Crippen LogP contribution in [0.15, 0.2) is 36.1 Å². The van der Waals surface area contributed by atoms with Crippen molar-refractivity contribution in [3.63, 3.8) is 0 Å². The molecule has 0 aromatic heterocycles. The highest BCUT2D eigenvalue weighted by Crippen LogP contribution is 2.52. The van der Waals surface area contributed by atoms with Gasteiger partial charge in [0.1, 0.15) is 29.7 Å². The molecule has 7 rings (SSSR count). The van der Waals surface area contributed by atoms with Gasteiger partial charge in [0.15, 0.2) is 17.7 Å². The molecule has 4 saturated heterocycles. The van der Waals surface area contributed by atoms with Crippen LogP contribution in [-0.2, 0) is 42.9 Å². The third-order valence-electron chi connectivity index (χ3n) is 11.3. The summed E-state index contributed by atoms with van der Waals surface area (Å²) in [5, 5.41) is 25.3. The van der Waals surface area contributed by atoms with Gasteiger partial charge in [0.2, 0.25) is 5.91 Å². The van der Waals surface area contributed by atoms with Crippen LogP contribution in [0.2, 0.25) is 0 Å². The van der Waals surface area contributed by atoms with Crippen LogP contribution in [0.3, 0.4) is 0 Å². The summed E-state index contributed by atoms with van der Waals surface area (Å²) in [6.45, 7) is 10.6. The Morgan fingerprint density at radius 1 is 1.02 bits per heavy atom. The summed E-state index contributed by atoms with van der Waals surface area (Å²) < 4.78 is 31.4. The Kier molecular flexibility index (Phi) is 11.9. The number of hydrogen-bond acceptors (Lipinski definition) is 11. The monoisotopic (exact) mass is 701 g/mol. The van der Waals surface area contributed by atoms with Crippen LogP contribution in [0.25, 0.3) is 0 Å². The van der Waals surface area contributed by atoms with Crippen molar-refractivity contribution >= 4 is 23.4 Å². The highest BCUT2D eigenvalue weighted by molar-refractivity contribution is 5.92. The molecule has 1 amide bonds. The van der Waals surface area contributed by atoms with Crippen LogP contribution in [0.4, 0.5) is 0 Å². The number of carbonyl (C=O) groups is 4. The minimum Gasteiger partial charge on any atom is -0.451 e. The summed E-state index contributed by atoms with van der Waals surface area (Å²) in [7, 11) is 0. The fourth-order valence-electron chi connectivity index (χ4n) is 7.79. The Morgan fingerprint density at radius 2 is 1.78 bits per heavy atom. The number of rotatable bonds is 6. The number of fused-ring (bicyclic) bond motifs is 2. The fourth-order valence-corrected chi connectivity index (χ4v) is 7.79. The number of amides is 1. The van der Waals surface area contributed by atoms with Crippen molar-refractivity contribution < 1.29 is 53.1 Å². The molecular formula is C38H55NO11. The molecule has 7 aliphatic rings. The van der Waals surface area contributed by atoms with E-state index in [9.17, 15) is 29.4 Å². The van der Waals surface area contributed by atoms with E-state index in [0.29, 0.717) is 38.5 Å². The molecule has 0 aromatic carbocycles. The molecule has 7 heterocycles. The molecule has 12 nitrogen and oxygen atoms in total. The first-order chi connectivity index (χ1) is 23.6. The van der Waals surface area contributed by atoms with Crippen LogP contribution in [0.5, 0.6) is 0 Å². The minimum absolute atomic E-state index is 0.0206. The average Bonchev–Trinajstić information content (AvgIpc) is 3.79. The van der Waals surface area contributed by atoms with Gasteiger partial charge in [0.25, 0.3) is 0 Å². The maximum absolute atomic E-state index is 13.5. The molecule has 0 radical (unpaired) electrons. The number of Topliss-reactive ketones (excluding diaryl/α,β-unsaturated/α-hetero) is 2. The number of ketones is 2. The molecule has 12 heteroatoms. The quantitative estimate of drug-likeness (QED) is 0.209. The van der Waals surface area contributed by atoms with Gasteiger partial charge < -0.3 is 39.2 Å². The summed E-state index contributed by atoms with van der Waals surface area (Å²) in [4.78, 5) is 51.8. The van der Waals surface area contributed by atoms with Gasteiger partial charge in [-0.1, -0.05) is 32.9 Å². The number of nitrogens with one attached hydrogen (secondary N) is 1. The molecule has 0 unspecified atom stereocenters. The predicted molar refractivity (Wildman–Crippen MR) is 181 cm³/mol. The number of esters is 1. The Balaban J connectivity index is 1.36. The largest absolute Gasteiger partial charge is 0.451 e. The van der Waals surface area contributed by atoms with Crippen molar-refractivity contribution in [3.05, 3.63) is 36.1 Å². The molecular weight excluding hydrogens is 646 g/mol. The van der Waals surface area contributed by atoms with Gasteiger partial charge in [-0.15, -0.1) is 0 Å². The van der Waals surface area contributed by atoms with Crippen molar-refractivity contribution in [2.75, 3.05) is 0 Å². The predicted octanol–water partition coefficient (Wildman–Crippen LogP) is 3.91. The van der Waals surface area contributed by atoms with Gasteiger partial charge in [-0.05, 0) is 64.5 Å². The molecule has 50 heavy (non-hydrogen) atoms. The Morgan fingerprint density at radius 3 is 2.52 bits per heavy atom. The van der Waals surface area contributed by atoms with E-state index in [4.69, 9.17) is 23.7 Å². The molecule has 0 aliphatic carbocycles. The van der Waals surface area contributed by atoms with E-state index in [1.165, 1.54) is 20.0 Å². The summed E-state index contributed by atoms with van der Waals surface area (Å²) in [5.74, 6) is -2.95. The average molecular weight is 702 g/mol. The number of carbonyl (C=O) groups excluding carboxylic acids is 4. The van der Waals surface area contributed by atoms with Gasteiger partial charge >= 0.3 is 5.97 Å². The van der Waals surface area contributed by atoms with Crippen LogP contribution < -0.4 is 5.32 Å². The second kappa shape index (κ2) is 15.5. The van der Waals surface area contributed by atoms with E-state index >= 15 is 0 Å². The van der Waals surface area contributed by atoms with E-state index in [0.717, 1.165) is 12.5 Å². The summed E-state index contributed by atoms with van der Waals surface area (Å²) >= 11 is 0. The summed E-state index contributed by atoms with van der Waals surface area (Å²) in [6, 6.07) is 0. The Hall–Kier alpha value is -2.74. The van der Waals surface area contributed by atoms with Crippen molar-refractivity contribution in [1.82, 2.24) is 5.32 Å².